The standard InChI is InChI=1S/C24H22N4O2S/c25-17-7-1-5-15(13-17)19-9-3-11-21(27)23(19)31(29,30)24-20(10-4-12-22(24)28)16-6-2-8-18(26)14-16/h1-14H,25-28H2. The molecule has 0 aliphatic carbocycles. The summed E-state index contributed by atoms with van der Waals surface area (Å²) in [6, 6.07) is 23.9. The first-order chi connectivity index (χ1) is 14.8. The van der Waals surface area contributed by atoms with Gasteiger partial charge in [-0.15, -0.1) is 0 Å². The zero-order chi connectivity index (χ0) is 22.2. The van der Waals surface area contributed by atoms with Crippen LogP contribution in [0.1, 0.15) is 0 Å². The highest BCUT2D eigenvalue weighted by atomic mass is 32.2. The van der Waals surface area contributed by atoms with E-state index in [0.717, 1.165) is 0 Å². The average molecular weight is 431 g/mol. The van der Waals surface area contributed by atoms with Crippen LogP contribution in [0.3, 0.4) is 0 Å². The maximum absolute atomic E-state index is 14.0. The Hall–Kier alpha value is -3.97. The van der Waals surface area contributed by atoms with E-state index in [9.17, 15) is 8.42 Å². The number of hydrogen-bond acceptors (Lipinski definition) is 6. The molecule has 0 saturated heterocycles. The summed E-state index contributed by atoms with van der Waals surface area (Å²) in [5, 5.41) is 0. The summed E-state index contributed by atoms with van der Waals surface area (Å²) in [5.74, 6) is 0. The number of benzene rings is 4. The molecule has 7 heteroatoms. The molecule has 0 bridgehead atoms. The fraction of sp³-hybridized carbons (Fsp3) is 0. The van der Waals surface area contributed by atoms with Gasteiger partial charge in [0.15, 0.2) is 0 Å². The molecule has 0 heterocycles. The number of anilines is 4. The van der Waals surface area contributed by atoms with Crippen molar-refractivity contribution < 1.29 is 8.42 Å². The first-order valence-electron chi connectivity index (χ1n) is 9.53. The fourth-order valence-electron chi connectivity index (χ4n) is 3.68. The highest BCUT2D eigenvalue weighted by Gasteiger charge is 2.29. The molecule has 31 heavy (non-hydrogen) atoms. The van der Waals surface area contributed by atoms with Crippen LogP contribution in [0.5, 0.6) is 0 Å². The molecular formula is C24H22N4O2S. The molecular weight excluding hydrogens is 408 g/mol. The van der Waals surface area contributed by atoms with Crippen molar-refractivity contribution in [2.75, 3.05) is 22.9 Å². The molecule has 0 spiro atoms. The van der Waals surface area contributed by atoms with Gasteiger partial charge in [0, 0.05) is 22.5 Å². The van der Waals surface area contributed by atoms with E-state index in [4.69, 9.17) is 22.9 Å². The van der Waals surface area contributed by atoms with Crippen LogP contribution in [0.4, 0.5) is 22.7 Å². The molecule has 6 nitrogen and oxygen atoms in total. The van der Waals surface area contributed by atoms with Gasteiger partial charge in [-0.05, 0) is 47.5 Å². The van der Waals surface area contributed by atoms with Crippen LogP contribution in [0.15, 0.2) is 94.7 Å². The molecule has 0 radical (unpaired) electrons. The van der Waals surface area contributed by atoms with Gasteiger partial charge in [0.1, 0.15) is 9.79 Å². The van der Waals surface area contributed by atoms with E-state index in [-0.39, 0.29) is 21.2 Å². The topological polar surface area (TPSA) is 138 Å². The van der Waals surface area contributed by atoms with E-state index in [0.29, 0.717) is 33.6 Å². The van der Waals surface area contributed by atoms with E-state index < -0.39 is 9.84 Å². The van der Waals surface area contributed by atoms with Gasteiger partial charge in [-0.2, -0.15) is 0 Å². The molecule has 0 fully saturated rings. The van der Waals surface area contributed by atoms with Gasteiger partial charge in [-0.1, -0.05) is 48.5 Å². The summed E-state index contributed by atoms with van der Waals surface area (Å²) in [5.41, 5.74) is 27.8. The second-order valence-electron chi connectivity index (χ2n) is 7.20. The van der Waals surface area contributed by atoms with Gasteiger partial charge in [0.05, 0.1) is 11.4 Å². The molecule has 0 unspecified atom stereocenters. The number of nitrogen functional groups attached to an aromatic ring is 4. The molecule has 4 aromatic carbocycles. The largest absolute Gasteiger partial charge is 0.399 e. The third-order valence-electron chi connectivity index (χ3n) is 5.02. The Labute approximate surface area is 181 Å². The quantitative estimate of drug-likeness (QED) is 0.358. The Morgan fingerprint density at radius 1 is 0.516 bits per heavy atom. The molecule has 156 valence electrons. The minimum absolute atomic E-state index is 0.0105. The Balaban J connectivity index is 2.03. The van der Waals surface area contributed by atoms with Crippen LogP contribution in [0.2, 0.25) is 0 Å². The van der Waals surface area contributed by atoms with E-state index >= 15 is 0 Å². The van der Waals surface area contributed by atoms with Crippen molar-refractivity contribution in [2.24, 2.45) is 0 Å². The second-order valence-corrected chi connectivity index (χ2v) is 9.03. The summed E-state index contributed by atoms with van der Waals surface area (Å²) in [6.45, 7) is 0. The van der Waals surface area contributed by atoms with Crippen molar-refractivity contribution in [3.05, 3.63) is 84.9 Å². The highest BCUT2D eigenvalue weighted by Crippen LogP contribution is 2.41. The lowest BCUT2D eigenvalue weighted by molar-refractivity contribution is 0.597. The Morgan fingerprint density at radius 3 is 1.29 bits per heavy atom. The number of nitrogens with two attached hydrogens (primary N) is 4. The predicted octanol–water partition coefficient (Wildman–Crippen LogP) is 4.18. The van der Waals surface area contributed by atoms with Crippen LogP contribution in [-0.2, 0) is 9.84 Å². The van der Waals surface area contributed by atoms with Gasteiger partial charge >= 0.3 is 0 Å². The molecule has 0 aromatic heterocycles. The third kappa shape index (κ3) is 3.67. The SMILES string of the molecule is Nc1cccc(-c2cccc(N)c2S(=O)(=O)c2c(N)cccc2-c2cccc(N)c2)c1. The first-order valence-corrected chi connectivity index (χ1v) is 11.0. The van der Waals surface area contributed by atoms with Crippen LogP contribution >= 0.6 is 0 Å². The van der Waals surface area contributed by atoms with Crippen molar-refractivity contribution in [1.82, 2.24) is 0 Å². The van der Waals surface area contributed by atoms with Gasteiger partial charge in [-0.25, -0.2) is 8.42 Å². The molecule has 0 aliphatic heterocycles. The summed E-state index contributed by atoms with van der Waals surface area (Å²) in [6.07, 6.45) is 0. The fourth-order valence-corrected chi connectivity index (χ4v) is 5.59. The lowest BCUT2D eigenvalue weighted by Gasteiger charge is -2.18. The minimum Gasteiger partial charge on any atom is -0.399 e. The Kier molecular flexibility index (Phi) is 5.04. The van der Waals surface area contributed by atoms with Gasteiger partial charge < -0.3 is 22.9 Å². The molecule has 0 atom stereocenters. The monoisotopic (exact) mass is 430 g/mol. The maximum Gasteiger partial charge on any atom is 0.211 e. The summed E-state index contributed by atoms with van der Waals surface area (Å²) in [7, 11) is -4.12. The van der Waals surface area contributed by atoms with Crippen LogP contribution in [0.25, 0.3) is 22.3 Å². The molecule has 8 N–H and O–H groups in total. The summed E-state index contributed by atoms with van der Waals surface area (Å²) >= 11 is 0. The Bertz CT molecular complexity index is 1300. The van der Waals surface area contributed by atoms with Gasteiger partial charge in [0.25, 0.3) is 0 Å². The van der Waals surface area contributed by atoms with E-state index in [1.807, 2.05) is 0 Å². The van der Waals surface area contributed by atoms with Crippen molar-refractivity contribution in [3.63, 3.8) is 0 Å². The number of sulfone groups is 1. The lowest BCUT2D eigenvalue weighted by atomic mass is 10.0. The third-order valence-corrected chi connectivity index (χ3v) is 7.01. The molecule has 4 rings (SSSR count). The van der Waals surface area contributed by atoms with Crippen molar-refractivity contribution in [3.8, 4) is 22.3 Å². The smallest absolute Gasteiger partial charge is 0.211 e. The normalized spacial score (nSPS) is 11.4. The van der Waals surface area contributed by atoms with Crippen LogP contribution < -0.4 is 22.9 Å². The van der Waals surface area contributed by atoms with Gasteiger partial charge in [0.2, 0.25) is 9.84 Å². The number of rotatable bonds is 4. The second kappa shape index (κ2) is 7.70. The Morgan fingerprint density at radius 2 is 0.903 bits per heavy atom. The minimum atomic E-state index is -4.12. The van der Waals surface area contributed by atoms with E-state index in [1.165, 1.54) is 0 Å². The maximum atomic E-state index is 14.0. The van der Waals surface area contributed by atoms with Crippen molar-refractivity contribution in [2.45, 2.75) is 9.79 Å². The number of hydrogen-bond donors (Lipinski definition) is 4. The molecule has 4 aromatic rings. The lowest BCUT2D eigenvalue weighted by Crippen LogP contribution is -2.11. The van der Waals surface area contributed by atoms with Crippen LogP contribution in [-0.4, -0.2) is 8.42 Å². The highest BCUT2D eigenvalue weighted by molar-refractivity contribution is 7.92. The zero-order valence-electron chi connectivity index (χ0n) is 16.6. The van der Waals surface area contributed by atoms with Gasteiger partial charge in [-0.3, -0.25) is 0 Å². The molecule has 0 amide bonds. The zero-order valence-corrected chi connectivity index (χ0v) is 17.4. The van der Waals surface area contributed by atoms with E-state index in [2.05, 4.69) is 0 Å². The first kappa shape index (κ1) is 20.3. The molecule has 0 aliphatic rings. The summed E-state index contributed by atoms with van der Waals surface area (Å²) < 4.78 is 28.0. The summed E-state index contributed by atoms with van der Waals surface area (Å²) in [4.78, 5) is -0.0210. The van der Waals surface area contributed by atoms with Crippen LogP contribution in [0, 0.1) is 0 Å². The van der Waals surface area contributed by atoms with Crippen molar-refractivity contribution >= 4 is 32.6 Å². The average Bonchev–Trinajstić information content (AvgIpc) is 2.73. The predicted molar refractivity (Wildman–Crippen MR) is 127 cm³/mol. The van der Waals surface area contributed by atoms with E-state index in [1.54, 1.807) is 84.9 Å². The van der Waals surface area contributed by atoms with Crippen molar-refractivity contribution in [1.29, 1.82) is 0 Å². The molecule has 0 saturated carbocycles.